The zero-order valence-electron chi connectivity index (χ0n) is 8.33. The smallest absolute Gasteiger partial charge is 0.278 e. The molecule has 0 unspecified atom stereocenters. The van der Waals surface area contributed by atoms with Crippen molar-refractivity contribution >= 4 is 15.9 Å². The molecule has 7 nitrogen and oxygen atoms in total. The largest absolute Gasteiger partial charge is 0.332 e. The highest BCUT2D eigenvalue weighted by Crippen LogP contribution is 2.25. The molecule has 0 saturated carbocycles. The first kappa shape index (κ1) is 10.1. The van der Waals surface area contributed by atoms with Crippen molar-refractivity contribution < 1.29 is 4.52 Å². The highest BCUT2D eigenvalue weighted by atomic mass is 79.9. The summed E-state index contributed by atoms with van der Waals surface area (Å²) in [6.45, 7) is 0. The minimum atomic E-state index is 0.323. The summed E-state index contributed by atoms with van der Waals surface area (Å²) in [5.41, 5.74) is 0.589. The minimum Gasteiger partial charge on any atom is -0.332 e. The van der Waals surface area contributed by atoms with E-state index in [9.17, 15) is 0 Å². The van der Waals surface area contributed by atoms with Crippen LogP contribution in [-0.4, -0.2) is 30.3 Å². The van der Waals surface area contributed by atoms with Crippen molar-refractivity contribution in [3.8, 4) is 23.2 Å². The van der Waals surface area contributed by atoms with Gasteiger partial charge in [-0.2, -0.15) is 10.1 Å². The summed E-state index contributed by atoms with van der Waals surface area (Å²) in [6, 6.07) is 3.65. The molecule has 17 heavy (non-hydrogen) atoms. The molecule has 1 N–H and O–H groups in total. The van der Waals surface area contributed by atoms with Crippen LogP contribution in [0, 0.1) is 0 Å². The monoisotopic (exact) mass is 292 g/mol. The molecule has 0 aliphatic heterocycles. The van der Waals surface area contributed by atoms with E-state index in [-0.39, 0.29) is 0 Å². The maximum absolute atomic E-state index is 5.11. The number of hydrogen-bond acceptors (Lipinski definition) is 6. The Morgan fingerprint density at radius 3 is 3.00 bits per heavy atom. The van der Waals surface area contributed by atoms with E-state index in [4.69, 9.17) is 4.52 Å². The second kappa shape index (κ2) is 4.06. The molecule has 0 amide bonds. The fourth-order valence-electron chi connectivity index (χ4n) is 1.27. The Balaban J connectivity index is 2.04. The van der Waals surface area contributed by atoms with Gasteiger partial charge in [0, 0.05) is 10.7 Å². The molecule has 84 valence electrons. The summed E-state index contributed by atoms with van der Waals surface area (Å²) >= 11 is 3.36. The molecular weight excluding hydrogens is 288 g/mol. The van der Waals surface area contributed by atoms with E-state index in [1.54, 1.807) is 12.3 Å². The fourth-order valence-corrected chi connectivity index (χ4v) is 1.70. The molecule has 0 bridgehead atoms. The molecule has 3 aromatic rings. The maximum atomic E-state index is 5.11. The van der Waals surface area contributed by atoms with E-state index in [1.165, 1.54) is 6.33 Å². The van der Waals surface area contributed by atoms with Crippen LogP contribution >= 0.6 is 15.9 Å². The average Bonchev–Trinajstić information content (AvgIpc) is 3.00. The van der Waals surface area contributed by atoms with Gasteiger partial charge in [0.25, 0.3) is 5.89 Å². The predicted molar refractivity (Wildman–Crippen MR) is 60.6 cm³/mol. The quantitative estimate of drug-likeness (QED) is 0.772. The normalized spacial score (nSPS) is 10.6. The lowest BCUT2D eigenvalue weighted by molar-refractivity contribution is 0.430. The van der Waals surface area contributed by atoms with Crippen LogP contribution in [0.4, 0.5) is 0 Å². The Morgan fingerprint density at radius 1 is 1.29 bits per heavy atom. The van der Waals surface area contributed by atoms with E-state index in [2.05, 4.69) is 46.2 Å². The van der Waals surface area contributed by atoms with Crippen molar-refractivity contribution in [1.82, 2.24) is 30.3 Å². The highest BCUT2D eigenvalue weighted by molar-refractivity contribution is 9.10. The van der Waals surface area contributed by atoms with Gasteiger partial charge < -0.3 is 4.52 Å². The third kappa shape index (κ3) is 1.82. The molecule has 3 rings (SSSR count). The SMILES string of the molecule is Brc1cccnc1-c1nc(-c2ncn[nH]2)no1. The number of halogens is 1. The second-order valence-electron chi connectivity index (χ2n) is 3.09. The third-order valence-electron chi connectivity index (χ3n) is 2.01. The molecule has 3 heterocycles. The molecule has 0 spiro atoms. The summed E-state index contributed by atoms with van der Waals surface area (Å²) < 4.78 is 5.90. The maximum Gasteiger partial charge on any atom is 0.278 e. The molecule has 0 saturated heterocycles. The van der Waals surface area contributed by atoms with Gasteiger partial charge in [0.05, 0.1) is 0 Å². The van der Waals surface area contributed by atoms with Gasteiger partial charge in [-0.25, -0.2) is 9.97 Å². The molecule has 0 aliphatic carbocycles. The lowest BCUT2D eigenvalue weighted by atomic mass is 10.3. The molecule has 0 atom stereocenters. The molecule has 0 radical (unpaired) electrons. The first-order chi connectivity index (χ1) is 8.34. The van der Waals surface area contributed by atoms with Crippen LogP contribution in [0.25, 0.3) is 23.2 Å². The average molecular weight is 293 g/mol. The van der Waals surface area contributed by atoms with Crippen LogP contribution in [0.1, 0.15) is 0 Å². The number of H-pyrrole nitrogens is 1. The van der Waals surface area contributed by atoms with Crippen LogP contribution < -0.4 is 0 Å². The van der Waals surface area contributed by atoms with Gasteiger partial charge in [-0.3, -0.25) is 5.10 Å². The first-order valence-electron chi connectivity index (χ1n) is 4.65. The molecule has 8 heteroatoms. The van der Waals surface area contributed by atoms with Gasteiger partial charge in [-0.05, 0) is 28.1 Å². The number of rotatable bonds is 2. The van der Waals surface area contributed by atoms with E-state index in [0.717, 1.165) is 4.47 Å². The Labute approximate surface area is 103 Å². The van der Waals surface area contributed by atoms with Crippen LogP contribution in [0.2, 0.25) is 0 Å². The summed E-state index contributed by atoms with van der Waals surface area (Å²) in [7, 11) is 0. The van der Waals surface area contributed by atoms with E-state index >= 15 is 0 Å². The number of hydrogen-bond donors (Lipinski definition) is 1. The highest BCUT2D eigenvalue weighted by Gasteiger charge is 2.15. The minimum absolute atomic E-state index is 0.323. The zero-order valence-corrected chi connectivity index (χ0v) is 9.92. The Hall–Kier alpha value is -2.09. The third-order valence-corrected chi connectivity index (χ3v) is 2.65. The molecule has 3 aromatic heterocycles. The fraction of sp³-hybridized carbons (Fsp3) is 0. The second-order valence-corrected chi connectivity index (χ2v) is 3.95. The van der Waals surface area contributed by atoms with Crippen molar-refractivity contribution in [2.45, 2.75) is 0 Å². The Bertz CT molecular complexity index is 634. The van der Waals surface area contributed by atoms with Gasteiger partial charge in [0.1, 0.15) is 12.0 Å². The molecular formula is C9H5BrN6O. The summed E-state index contributed by atoms with van der Waals surface area (Å²) in [5, 5.41) is 10.2. The van der Waals surface area contributed by atoms with Gasteiger partial charge in [-0.15, -0.1) is 0 Å². The number of pyridine rings is 1. The van der Waals surface area contributed by atoms with Crippen molar-refractivity contribution in [3.63, 3.8) is 0 Å². The van der Waals surface area contributed by atoms with E-state index in [1.807, 2.05) is 6.07 Å². The lowest BCUT2D eigenvalue weighted by Crippen LogP contribution is -1.86. The van der Waals surface area contributed by atoms with Crippen LogP contribution in [0.3, 0.4) is 0 Å². The number of aromatic amines is 1. The van der Waals surface area contributed by atoms with Crippen LogP contribution in [0.5, 0.6) is 0 Å². The number of nitrogens with one attached hydrogen (secondary N) is 1. The van der Waals surface area contributed by atoms with Crippen molar-refractivity contribution in [2.75, 3.05) is 0 Å². The first-order valence-corrected chi connectivity index (χ1v) is 5.44. The molecule has 0 aromatic carbocycles. The van der Waals surface area contributed by atoms with Crippen molar-refractivity contribution in [2.24, 2.45) is 0 Å². The summed E-state index contributed by atoms with van der Waals surface area (Å²) in [5.74, 6) is 1.12. The topological polar surface area (TPSA) is 93.4 Å². The summed E-state index contributed by atoms with van der Waals surface area (Å²) in [4.78, 5) is 12.3. The zero-order chi connectivity index (χ0) is 11.7. The number of nitrogens with zero attached hydrogens (tertiary/aromatic N) is 5. The Kier molecular flexibility index (Phi) is 2.41. The van der Waals surface area contributed by atoms with Gasteiger partial charge >= 0.3 is 0 Å². The van der Waals surface area contributed by atoms with E-state index < -0.39 is 0 Å². The predicted octanol–water partition coefficient (Wildman–Crippen LogP) is 1.68. The Morgan fingerprint density at radius 2 is 2.24 bits per heavy atom. The van der Waals surface area contributed by atoms with Gasteiger partial charge in [0.15, 0.2) is 5.82 Å². The van der Waals surface area contributed by atoms with Gasteiger partial charge in [-0.1, -0.05) is 5.16 Å². The van der Waals surface area contributed by atoms with Crippen molar-refractivity contribution in [3.05, 3.63) is 29.1 Å². The standard InChI is InChI=1S/C9H5BrN6O/c10-5-2-1-3-11-6(5)9-14-8(16-17-9)7-12-4-13-15-7/h1-4H,(H,12,13,15). The molecule has 0 aliphatic rings. The number of aromatic nitrogens is 6. The van der Waals surface area contributed by atoms with Crippen molar-refractivity contribution in [1.29, 1.82) is 0 Å². The lowest BCUT2D eigenvalue weighted by Gasteiger charge is -1.94. The summed E-state index contributed by atoms with van der Waals surface area (Å²) in [6.07, 6.45) is 3.03. The van der Waals surface area contributed by atoms with Crippen LogP contribution in [-0.2, 0) is 0 Å². The van der Waals surface area contributed by atoms with Gasteiger partial charge in [0.2, 0.25) is 5.82 Å². The van der Waals surface area contributed by atoms with E-state index in [0.29, 0.717) is 23.2 Å². The van der Waals surface area contributed by atoms with Crippen LogP contribution in [0.15, 0.2) is 33.7 Å². The molecule has 0 fully saturated rings.